The Balaban J connectivity index is 2.06. The van der Waals surface area contributed by atoms with Gasteiger partial charge in [-0.05, 0) is 25.7 Å². The summed E-state index contributed by atoms with van der Waals surface area (Å²) in [4.78, 5) is 0. The Bertz CT molecular complexity index is 152. The van der Waals surface area contributed by atoms with Crippen molar-refractivity contribution in [3.8, 4) is 12.3 Å². The summed E-state index contributed by atoms with van der Waals surface area (Å²) in [6.07, 6.45) is 10.7. The van der Waals surface area contributed by atoms with Crippen LogP contribution < -0.4 is 11.1 Å². The predicted octanol–water partition coefficient (Wildman–Crippen LogP) is 0.869. The lowest BCUT2D eigenvalue weighted by Crippen LogP contribution is -2.37. The first-order chi connectivity index (χ1) is 5.83. The second-order valence-corrected chi connectivity index (χ2v) is 3.52. The van der Waals surface area contributed by atoms with Crippen LogP contribution in [0.15, 0.2) is 0 Å². The van der Waals surface area contributed by atoms with E-state index in [0.29, 0.717) is 12.1 Å². The monoisotopic (exact) mass is 166 g/mol. The third-order valence-electron chi connectivity index (χ3n) is 2.47. The normalized spacial score (nSPS) is 29.7. The Hall–Kier alpha value is -0.520. The van der Waals surface area contributed by atoms with E-state index < -0.39 is 0 Å². The fourth-order valence-electron chi connectivity index (χ4n) is 1.67. The highest BCUT2D eigenvalue weighted by atomic mass is 14.9. The van der Waals surface area contributed by atoms with Crippen molar-refractivity contribution in [2.75, 3.05) is 6.54 Å². The molecule has 0 unspecified atom stereocenters. The zero-order chi connectivity index (χ0) is 8.81. The van der Waals surface area contributed by atoms with Crippen molar-refractivity contribution in [3.05, 3.63) is 0 Å². The van der Waals surface area contributed by atoms with Crippen molar-refractivity contribution in [1.82, 2.24) is 5.32 Å². The highest BCUT2D eigenvalue weighted by Crippen LogP contribution is 2.16. The maximum Gasteiger partial charge on any atom is 0.0211 e. The molecule has 0 aliphatic heterocycles. The molecule has 0 saturated heterocycles. The molecule has 0 amide bonds. The summed E-state index contributed by atoms with van der Waals surface area (Å²) in [7, 11) is 0. The van der Waals surface area contributed by atoms with Gasteiger partial charge in [0.25, 0.3) is 0 Å². The van der Waals surface area contributed by atoms with Crippen molar-refractivity contribution in [3.63, 3.8) is 0 Å². The maximum absolute atomic E-state index is 5.79. The lowest BCUT2D eigenvalue weighted by molar-refractivity contribution is 0.345. The number of hydrogen-bond acceptors (Lipinski definition) is 2. The van der Waals surface area contributed by atoms with Crippen molar-refractivity contribution in [1.29, 1.82) is 0 Å². The number of nitrogens with two attached hydrogens (primary N) is 1. The SMILES string of the molecule is C#CCCNC1CCC(N)CC1. The Labute approximate surface area is 74.9 Å². The van der Waals surface area contributed by atoms with Gasteiger partial charge in [-0.2, -0.15) is 0 Å². The predicted molar refractivity (Wildman–Crippen MR) is 51.7 cm³/mol. The molecule has 1 fully saturated rings. The standard InChI is InChI=1S/C10H18N2/c1-2-3-8-12-10-6-4-9(11)5-7-10/h1,9-10,12H,3-8,11H2. The highest BCUT2D eigenvalue weighted by Gasteiger charge is 2.16. The quantitative estimate of drug-likeness (QED) is 0.482. The first kappa shape index (κ1) is 9.57. The molecule has 0 bridgehead atoms. The van der Waals surface area contributed by atoms with Crippen molar-refractivity contribution in [2.24, 2.45) is 5.73 Å². The Morgan fingerprint density at radius 3 is 2.58 bits per heavy atom. The lowest BCUT2D eigenvalue weighted by Gasteiger charge is -2.26. The van der Waals surface area contributed by atoms with E-state index in [2.05, 4.69) is 11.2 Å². The average molecular weight is 166 g/mol. The van der Waals surface area contributed by atoms with Gasteiger partial charge in [-0.15, -0.1) is 12.3 Å². The van der Waals surface area contributed by atoms with E-state index in [1.807, 2.05) is 0 Å². The summed E-state index contributed by atoms with van der Waals surface area (Å²) in [5.74, 6) is 2.63. The molecule has 0 spiro atoms. The Kier molecular flexibility index (Phi) is 4.13. The van der Waals surface area contributed by atoms with Gasteiger partial charge >= 0.3 is 0 Å². The molecule has 0 aromatic rings. The molecule has 1 rings (SSSR count). The Morgan fingerprint density at radius 2 is 2.00 bits per heavy atom. The summed E-state index contributed by atoms with van der Waals surface area (Å²) >= 11 is 0. The van der Waals surface area contributed by atoms with Gasteiger partial charge in [-0.1, -0.05) is 0 Å². The molecular formula is C10H18N2. The van der Waals surface area contributed by atoms with Crippen LogP contribution in [-0.2, 0) is 0 Å². The Morgan fingerprint density at radius 1 is 1.33 bits per heavy atom. The van der Waals surface area contributed by atoms with Gasteiger partial charge in [-0.3, -0.25) is 0 Å². The summed E-state index contributed by atoms with van der Waals surface area (Å²) in [6.45, 7) is 0.955. The third-order valence-corrected chi connectivity index (χ3v) is 2.47. The van der Waals surface area contributed by atoms with Crippen molar-refractivity contribution in [2.45, 2.75) is 44.2 Å². The molecule has 0 aromatic carbocycles. The molecule has 0 atom stereocenters. The van der Waals surface area contributed by atoms with E-state index in [0.717, 1.165) is 25.8 Å². The molecule has 1 saturated carbocycles. The molecule has 1 aliphatic carbocycles. The summed E-state index contributed by atoms with van der Waals surface area (Å²) in [6, 6.07) is 1.11. The van der Waals surface area contributed by atoms with Gasteiger partial charge in [-0.25, -0.2) is 0 Å². The number of rotatable bonds is 3. The minimum atomic E-state index is 0.440. The van der Waals surface area contributed by atoms with Crippen LogP contribution in [0.3, 0.4) is 0 Å². The van der Waals surface area contributed by atoms with Crippen LogP contribution in [-0.4, -0.2) is 18.6 Å². The molecule has 0 aromatic heterocycles. The van der Waals surface area contributed by atoms with Crippen LogP contribution in [0.4, 0.5) is 0 Å². The number of hydrogen-bond donors (Lipinski definition) is 2. The fraction of sp³-hybridized carbons (Fsp3) is 0.800. The zero-order valence-corrected chi connectivity index (χ0v) is 7.55. The highest BCUT2D eigenvalue weighted by molar-refractivity contribution is 4.86. The van der Waals surface area contributed by atoms with Crippen LogP contribution >= 0.6 is 0 Å². The fourth-order valence-corrected chi connectivity index (χ4v) is 1.67. The maximum atomic E-state index is 5.79. The van der Waals surface area contributed by atoms with Gasteiger partial charge in [0.2, 0.25) is 0 Å². The van der Waals surface area contributed by atoms with Gasteiger partial charge in [0.05, 0.1) is 0 Å². The van der Waals surface area contributed by atoms with Gasteiger partial charge < -0.3 is 11.1 Å². The summed E-state index contributed by atoms with van der Waals surface area (Å²) < 4.78 is 0. The van der Waals surface area contributed by atoms with E-state index in [4.69, 9.17) is 12.2 Å². The van der Waals surface area contributed by atoms with Crippen molar-refractivity contribution >= 4 is 0 Å². The first-order valence-electron chi connectivity index (χ1n) is 4.75. The van der Waals surface area contributed by atoms with E-state index in [1.54, 1.807) is 0 Å². The molecule has 1 aliphatic rings. The van der Waals surface area contributed by atoms with Crippen LogP contribution in [0.5, 0.6) is 0 Å². The molecule has 3 N–H and O–H groups in total. The topological polar surface area (TPSA) is 38.0 Å². The largest absolute Gasteiger partial charge is 0.328 e. The van der Waals surface area contributed by atoms with E-state index >= 15 is 0 Å². The summed E-state index contributed by atoms with van der Waals surface area (Å²) in [5, 5.41) is 3.44. The van der Waals surface area contributed by atoms with Gasteiger partial charge in [0, 0.05) is 25.0 Å². The van der Waals surface area contributed by atoms with Gasteiger partial charge in [0.1, 0.15) is 0 Å². The number of nitrogens with one attached hydrogen (secondary N) is 1. The van der Waals surface area contributed by atoms with E-state index in [9.17, 15) is 0 Å². The lowest BCUT2D eigenvalue weighted by atomic mass is 9.92. The minimum Gasteiger partial charge on any atom is -0.328 e. The molecule has 68 valence electrons. The second kappa shape index (κ2) is 5.18. The molecule has 2 heteroatoms. The van der Waals surface area contributed by atoms with Crippen LogP contribution in [0.2, 0.25) is 0 Å². The van der Waals surface area contributed by atoms with Gasteiger partial charge in [0.15, 0.2) is 0 Å². The molecule has 2 nitrogen and oxygen atoms in total. The summed E-state index contributed by atoms with van der Waals surface area (Å²) in [5.41, 5.74) is 5.79. The van der Waals surface area contributed by atoms with Crippen LogP contribution in [0.1, 0.15) is 32.1 Å². The third kappa shape index (κ3) is 3.25. The van der Waals surface area contributed by atoms with Crippen LogP contribution in [0.25, 0.3) is 0 Å². The average Bonchev–Trinajstić information content (AvgIpc) is 2.09. The minimum absolute atomic E-state index is 0.440. The molecular weight excluding hydrogens is 148 g/mol. The van der Waals surface area contributed by atoms with E-state index in [-0.39, 0.29) is 0 Å². The van der Waals surface area contributed by atoms with Crippen molar-refractivity contribution < 1.29 is 0 Å². The van der Waals surface area contributed by atoms with Crippen LogP contribution in [0, 0.1) is 12.3 Å². The van der Waals surface area contributed by atoms with E-state index in [1.165, 1.54) is 12.8 Å². The molecule has 12 heavy (non-hydrogen) atoms. The number of terminal acetylenes is 1. The molecule has 0 radical (unpaired) electrons. The first-order valence-corrected chi connectivity index (χ1v) is 4.75. The zero-order valence-electron chi connectivity index (χ0n) is 7.55. The molecule has 0 heterocycles. The second-order valence-electron chi connectivity index (χ2n) is 3.52. The smallest absolute Gasteiger partial charge is 0.0211 e.